The van der Waals surface area contributed by atoms with Crippen LogP contribution >= 0.6 is 0 Å². The van der Waals surface area contributed by atoms with Crippen molar-refractivity contribution in [2.24, 2.45) is 5.92 Å². The van der Waals surface area contributed by atoms with Crippen molar-refractivity contribution in [3.63, 3.8) is 0 Å². The summed E-state index contributed by atoms with van der Waals surface area (Å²) in [4.78, 5) is 38.1. The Morgan fingerprint density at radius 2 is 0.530 bits per heavy atom. The lowest BCUT2D eigenvalue weighted by Gasteiger charge is -2.18. The quantitative estimate of drug-likeness (QED) is 0.0343. The first kappa shape index (κ1) is 64.4. The van der Waals surface area contributed by atoms with E-state index in [0.717, 1.165) is 63.7 Å². The molecule has 0 aliphatic heterocycles. The Balaban J connectivity index is 4.21. The molecule has 0 aliphatic carbocycles. The number of carbonyl (C=O) groups excluding carboxylic acids is 3. The molecule has 0 heterocycles. The van der Waals surface area contributed by atoms with E-state index < -0.39 is 6.10 Å². The fourth-order valence-electron chi connectivity index (χ4n) is 9.25. The molecule has 1 unspecified atom stereocenters. The van der Waals surface area contributed by atoms with Gasteiger partial charge in [-0.25, -0.2) is 0 Å². The molecule has 0 radical (unpaired) electrons. The highest BCUT2D eigenvalue weighted by Crippen LogP contribution is 2.19. The van der Waals surface area contributed by atoms with Crippen LogP contribution in [0.25, 0.3) is 0 Å². The van der Waals surface area contributed by atoms with E-state index in [-0.39, 0.29) is 31.1 Å². The molecule has 0 aliphatic rings. The van der Waals surface area contributed by atoms with Gasteiger partial charge in [-0.05, 0) is 25.2 Å². The summed E-state index contributed by atoms with van der Waals surface area (Å²) in [5.41, 5.74) is 0. The van der Waals surface area contributed by atoms with Crippen LogP contribution < -0.4 is 0 Å². The zero-order chi connectivity index (χ0) is 48.1. The third-order valence-electron chi connectivity index (χ3n) is 14.2. The van der Waals surface area contributed by atoms with Gasteiger partial charge in [0.25, 0.3) is 0 Å². The molecule has 0 amide bonds. The molecule has 0 saturated heterocycles. The number of unbranched alkanes of at least 4 members (excludes halogenated alkanes) is 41. The van der Waals surface area contributed by atoms with E-state index in [4.69, 9.17) is 14.2 Å². The standard InChI is InChI=1S/C60H116O6/c1-5-8-10-12-14-16-18-26-31-35-39-43-47-51-58(61)64-54-57(66-60(63)53-49-45-41-37-33-27-19-17-15-13-11-9-6-2)55-65-59(62)52-48-44-40-36-32-29-25-23-21-20-22-24-28-30-34-38-42-46-50-56(4)7-3/h56-57H,5-55H2,1-4H3/t56?,57-/m1/s1. The Morgan fingerprint density at radius 1 is 0.303 bits per heavy atom. The first-order chi connectivity index (χ1) is 32.4. The number of hydrogen-bond acceptors (Lipinski definition) is 6. The number of rotatable bonds is 55. The summed E-state index contributed by atoms with van der Waals surface area (Å²) in [5, 5.41) is 0. The molecule has 0 fully saturated rings. The Morgan fingerprint density at radius 3 is 0.788 bits per heavy atom. The zero-order valence-electron chi connectivity index (χ0n) is 45.2. The molecular formula is C60H116O6. The average molecular weight is 934 g/mol. The third-order valence-corrected chi connectivity index (χ3v) is 14.2. The van der Waals surface area contributed by atoms with Crippen LogP contribution in [0.4, 0.5) is 0 Å². The first-order valence-electron chi connectivity index (χ1n) is 29.9. The lowest BCUT2D eigenvalue weighted by molar-refractivity contribution is -0.167. The van der Waals surface area contributed by atoms with Gasteiger partial charge in [0.2, 0.25) is 0 Å². The van der Waals surface area contributed by atoms with Gasteiger partial charge in [-0.1, -0.05) is 304 Å². The van der Waals surface area contributed by atoms with E-state index in [1.165, 1.54) is 238 Å². The predicted molar refractivity (Wildman–Crippen MR) is 284 cm³/mol. The number of esters is 3. The second-order valence-electron chi connectivity index (χ2n) is 20.9. The Hall–Kier alpha value is -1.59. The molecule has 0 spiro atoms. The summed E-state index contributed by atoms with van der Waals surface area (Å²) >= 11 is 0. The van der Waals surface area contributed by atoms with Gasteiger partial charge in [-0.3, -0.25) is 14.4 Å². The minimum absolute atomic E-state index is 0.0616. The molecule has 0 bridgehead atoms. The van der Waals surface area contributed by atoms with Gasteiger partial charge in [0.05, 0.1) is 0 Å². The second-order valence-corrected chi connectivity index (χ2v) is 20.9. The maximum atomic E-state index is 12.8. The topological polar surface area (TPSA) is 78.9 Å². The van der Waals surface area contributed by atoms with E-state index in [2.05, 4.69) is 27.7 Å². The molecule has 6 nitrogen and oxygen atoms in total. The Kier molecular flexibility index (Phi) is 53.0. The molecule has 6 heteroatoms. The van der Waals surface area contributed by atoms with Gasteiger partial charge in [-0.15, -0.1) is 0 Å². The summed E-state index contributed by atoms with van der Waals surface area (Å²) in [5.74, 6) is 0.0765. The van der Waals surface area contributed by atoms with E-state index in [1.807, 2.05) is 0 Å². The van der Waals surface area contributed by atoms with Crippen molar-refractivity contribution in [2.45, 2.75) is 348 Å². The van der Waals surface area contributed by atoms with Gasteiger partial charge in [0.15, 0.2) is 6.10 Å². The van der Waals surface area contributed by atoms with E-state index in [0.29, 0.717) is 19.3 Å². The number of carbonyl (C=O) groups is 3. The average Bonchev–Trinajstić information content (AvgIpc) is 3.32. The molecule has 0 aromatic rings. The fourth-order valence-corrected chi connectivity index (χ4v) is 9.25. The van der Waals surface area contributed by atoms with Gasteiger partial charge in [0.1, 0.15) is 13.2 Å². The van der Waals surface area contributed by atoms with Crippen molar-refractivity contribution < 1.29 is 28.6 Å². The Bertz CT molecular complexity index is 998. The molecule has 0 aromatic carbocycles. The molecule has 0 N–H and O–H groups in total. The van der Waals surface area contributed by atoms with Crippen LogP contribution in [0.3, 0.4) is 0 Å². The van der Waals surface area contributed by atoms with Crippen LogP contribution in [0.1, 0.15) is 342 Å². The molecule has 0 rings (SSSR count). The van der Waals surface area contributed by atoms with Crippen LogP contribution in [0, 0.1) is 5.92 Å². The second kappa shape index (κ2) is 54.4. The molecule has 392 valence electrons. The monoisotopic (exact) mass is 933 g/mol. The number of ether oxygens (including phenoxy) is 3. The van der Waals surface area contributed by atoms with Crippen LogP contribution in [0.2, 0.25) is 0 Å². The van der Waals surface area contributed by atoms with Crippen LogP contribution in [0.5, 0.6) is 0 Å². The van der Waals surface area contributed by atoms with Crippen LogP contribution in [-0.4, -0.2) is 37.2 Å². The summed E-state index contributed by atoms with van der Waals surface area (Å²) in [6.07, 6.45) is 59.5. The molecular weight excluding hydrogens is 817 g/mol. The predicted octanol–water partition coefficient (Wildman–Crippen LogP) is 19.8. The molecule has 2 atom stereocenters. The van der Waals surface area contributed by atoms with Crippen LogP contribution in [0.15, 0.2) is 0 Å². The summed E-state index contributed by atoms with van der Waals surface area (Å²) in [6, 6.07) is 0. The van der Waals surface area contributed by atoms with Gasteiger partial charge in [0, 0.05) is 19.3 Å². The summed E-state index contributed by atoms with van der Waals surface area (Å²) in [6.45, 7) is 9.11. The lowest BCUT2D eigenvalue weighted by Crippen LogP contribution is -2.30. The van der Waals surface area contributed by atoms with Crippen molar-refractivity contribution >= 4 is 17.9 Å². The zero-order valence-corrected chi connectivity index (χ0v) is 45.2. The van der Waals surface area contributed by atoms with Crippen molar-refractivity contribution in [3.05, 3.63) is 0 Å². The Labute approximate surface area is 412 Å². The van der Waals surface area contributed by atoms with Crippen molar-refractivity contribution in [1.29, 1.82) is 0 Å². The van der Waals surface area contributed by atoms with E-state index in [9.17, 15) is 14.4 Å². The SMILES string of the molecule is CCCCCCCCCCCCCCCC(=O)OC[C@H](COC(=O)CCCCCCCCCCCCCCCCCCCCC(C)CC)OC(=O)CCCCCCCCCCCCCCC. The number of hydrogen-bond donors (Lipinski definition) is 0. The minimum atomic E-state index is -0.761. The van der Waals surface area contributed by atoms with Crippen molar-refractivity contribution in [2.75, 3.05) is 13.2 Å². The van der Waals surface area contributed by atoms with E-state index in [1.54, 1.807) is 0 Å². The van der Waals surface area contributed by atoms with Crippen LogP contribution in [-0.2, 0) is 28.6 Å². The maximum Gasteiger partial charge on any atom is 0.306 e. The van der Waals surface area contributed by atoms with E-state index >= 15 is 0 Å². The minimum Gasteiger partial charge on any atom is -0.462 e. The smallest absolute Gasteiger partial charge is 0.306 e. The van der Waals surface area contributed by atoms with Crippen molar-refractivity contribution in [3.8, 4) is 0 Å². The summed E-state index contributed by atoms with van der Waals surface area (Å²) in [7, 11) is 0. The normalized spacial score (nSPS) is 12.4. The molecule has 66 heavy (non-hydrogen) atoms. The highest BCUT2D eigenvalue weighted by molar-refractivity contribution is 5.71. The fraction of sp³-hybridized carbons (Fsp3) is 0.950. The maximum absolute atomic E-state index is 12.8. The van der Waals surface area contributed by atoms with Gasteiger partial charge < -0.3 is 14.2 Å². The van der Waals surface area contributed by atoms with Crippen molar-refractivity contribution in [1.82, 2.24) is 0 Å². The lowest BCUT2D eigenvalue weighted by atomic mass is 9.99. The van der Waals surface area contributed by atoms with Gasteiger partial charge >= 0.3 is 17.9 Å². The molecule has 0 saturated carbocycles. The summed E-state index contributed by atoms with van der Waals surface area (Å²) < 4.78 is 16.9. The highest BCUT2D eigenvalue weighted by atomic mass is 16.6. The highest BCUT2D eigenvalue weighted by Gasteiger charge is 2.19. The third kappa shape index (κ3) is 51.8. The van der Waals surface area contributed by atoms with Gasteiger partial charge in [-0.2, -0.15) is 0 Å². The first-order valence-corrected chi connectivity index (χ1v) is 29.9. The largest absolute Gasteiger partial charge is 0.462 e. The molecule has 0 aromatic heterocycles.